The zero-order chi connectivity index (χ0) is 14.8. The smallest absolute Gasteiger partial charge is 0.0443 e. The van der Waals surface area contributed by atoms with Gasteiger partial charge in [0, 0.05) is 37.8 Å². The number of nitrogens with two attached hydrogens (primary N) is 1. The number of rotatable bonds is 4. The van der Waals surface area contributed by atoms with Crippen molar-refractivity contribution in [3.05, 3.63) is 42.0 Å². The Morgan fingerprint density at radius 2 is 1.95 bits per heavy atom. The first-order chi connectivity index (χ1) is 10.2. The van der Waals surface area contributed by atoms with Crippen LogP contribution in [0.3, 0.4) is 0 Å². The number of hydrogen-bond acceptors (Lipinski definition) is 3. The van der Waals surface area contributed by atoms with Crippen LogP contribution in [0.2, 0.25) is 0 Å². The molecule has 3 heteroatoms. The molecule has 0 saturated carbocycles. The van der Waals surface area contributed by atoms with E-state index in [4.69, 9.17) is 5.73 Å². The molecule has 0 bridgehead atoms. The van der Waals surface area contributed by atoms with E-state index in [0.717, 1.165) is 12.5 Å². The summed E-state index contributed by atoms with van der Waals surface area (Å²) >= 11 is 0. The first kappa shape index (κ1) is 14.4. The number of anilines is 1. The highest BCUT2D eigenvalue weighted by molar-refractivity contribution is 5.96. The van der Waals surface area contributed by atoms with Gasteiger partial charge in [-0.25, -0.2) is 0 Å². The van der Waals surface area contributed by atoms with Gasteiger partial charge in [0.15, 0.2) is 0 Å². The van der Waals surface area contributed by atoms with Crippen molar-refractivity contribution in [1.82, 2.24) is 4.90 Å². The van der Waals surface area contributed by atoms with Crippen LogP contribution in [0.5, 0.6) is 0 Å². The van der Waals surface area contributed by atoms with E-state index >= 15 is 0 Å². The Kier molecular flexibility index (Phi) is 4.13. The van der Waals surface area contributed by atoms with E-state index in [9.17, 15) is 0 Å². The highest BCUT2D eigenvalue weighted by Gasteiger charge is 2.21. The Labute approximate surface area is 127 Å². The molecule has 1 saturated heterocycles. The van der Waals surface area contributed by atoms with Crippen LogP contribution in [0.4, 0.5) is 5.69 Å². The van der Waals surface area contributed by atoms with Gasteiger partial charge in [0.05, 0.1) is 0 Å². The lowest BCUT2D eigenvalue weighted by molar-refractivity contribution is 0.396. The molecule has 0 radical (unpaired) electrons. The van der Waals surface area contributed by atoms with Crippen molar-refractivity contribution in [2.75, 3.05) is 38.6 Å². The number of likely N-dealkylation sites (tertiary alicyclic amines) is 1. The minimum atomic E-state index is 0.595. The molecule has 3 nitrogen and oxygen atoms in total. The summed E-state index contributed by atoms with van der Waals surface area (Å²) in [6, 6.07) is 13.0. The fourth-order valence-electron chi connectivity index (χ4n) is 3.52. The van der Waals surface area contributed by atoms with Crippen LogP contribution in [-0.2, 0) is 6.54 Å². The number of hydrogen-bond donors (Lipinski definition) is 1. The second kappa shape index (κ2) is 6.04. The molecule has 2 aromatic rings. The maximum Gasteiger partial charge on any atom is 0.0443 e. The summed E-state index contributed by atoms with van der Waals surface area (Å²) in [5, 5.41) is 2.60. The first-order valence-corrected chi connectivity index (χ1v) is 7.79. The molecule has 2 N–H and O–H groups in total. The third-order valence-corrected chi connectivity index (χ3v) is 4.64. The van der Waals surface area contributed by atoms with E-state index in [1.165, 1.54) is 41.5 Å². The highest BCUT2D eigenvalue weighted by atomic mass is 15.2. The molecule has 1 aliphatic heterocycles. The summed E-state index contributed by atoms with van der Waals surface area (Å²) in [5.74, 6) is 0.771. The monoisotopic (exact) mass is 283 g/mol. The average molecular weight is 283 g/mol. The zero-order valence-electron chi connectivity index (χ0n) is 13.0. The lowest BCUT2D eigenvalue weighted by Gasteiger charge is -2.25. The largest absolute Gasteiger partial charge is 0.374 e. The highest BCUT2D eigenvalue weighted by Crippen LogP contribution is 2.30. The second-order valence-electron chi connectivity index (χ2n) is 6.29. The summed E-state index contributed by atoms with van der Waals surface area (Å²) in [6.45, 7) is 4.16. The Morgan fingerprint density at radius 3 is 2.62 bits per heavy atom. The van der Waals surface area contributed by atoms with Gasteiger partial charge in [-0.1, -0.05) is 30.3 Å². The molecular formula is C18H25N3. The van der Waals surface area contributed by atoms with E-state index in [0.29, 0.717) is 6.54 Å². The topological polar surface area (TPSA) is 32.5 Å². The molecule has 0 aliphatic carbocycles. The summed E-state index contributed by atoms with van der Waals surface area (Å²) in [4.78, 5) is 4.83. The molecule has 1 fully saturated rings. The standard InChI is InChI=1S/C18H25N3/c1-20-10-9-14(12-20)13-21(2)18-8-7-15(11-19)16-5-3-4-6-17(16)18/h3-8,14H,9-13,19H2,1-2H3. The molecule has 3 rings (SSSR count). The second-order valence-corrected chi connectivity index (χ2v) is 6.29. The molecule has 1 unspecified atom stereocenters. The maximum atomic E-state index is 5.87. The predicted octanol–water partition coefficient (Wildman–Crippen LogP) is 2.69. The Hall–Kier alpha value is -1.58. The summed E-state index contributed by atoms with van der Waals surface area (Å²) in [6.07, 6.45) is 1.31. The van der Waals surface area contributed by atoms with Crippen LogP contribution in [0.25, 0.3) is 10.8 Å². The molecule has 0 amide bonds. The Balaban J connectivity index is 1.89. The van der Waals surface area contributed by atoms with E-state index in [1.54, 1.807) is 0 Å². The molecule has 21 heavy (non-hydrogen) atoms. The number of benzene rings is 2. The van der Waals surface area contributed by atoms with Crippen molar-refractivity contribution in [1.29, 1.82) is 0 Å². The van der Waals surface area contributed by atoms with Gasteiger partial charge in [-0.15, -0.1) is 0 Å². The fraction of sp³-hybridized carbons (Fsp3) is 0.444. The van der Waals surface area contributed by atoms with Crippen molar-refractivity contribution in [2.24, 2.45) is 11.7 Å². The van der Waals surface area contributed by atoms with Crippen molar-refractivity contribution >= 4 is 16.5 Å². The van der Waals surface area contributed by atoms with Crippen molar-refractivity contribution < 1.29 is 0 Å². The quantitative estimate of drug-likeness (QED) is 0.936. The van der Waals surface area contributed by atoms with E-state index in [1.807, 2.05) is 0 Å². The first-order valence-electron chi connectivity index (χ1n) is 7.79. The number of nitrogens with zero attached hydrogens (tertiary/aromatic N) is 2. The van der Waals surface area contributed by atoms with Crippen molar-refractivity contribution in [3.63, 3.8) is 0 Å². The Bertz CT molecular complexity index is 623. The zero-order valence-corrected chi connectivity index (χ0v) is 13.0. The van der Waals surface area contributed by atoms with Crippen LogP contribution < -0.4 is 10.6 Å². The molecule has 1 aliphatic rings. The minimum absolute atomic E-state index is 0.595. The molecule has 2 aromatic carbocycles. The summed E-state index contributed by atoms with van der Waals surface area (Å²) in [5.41, 5.74) is 8.41. The number of fused-ring (bicyclic) bond motifs is 1. The predicted molar refractivity (Wildman–Crippen MR) is 90.7 cm³/mol. The average Bonchev–Trinajstić information content (AvgIpc) is 2.91. The molecular weight excluding hydrogens is 258 g/mol. The van der Waals surface area contributed by atoms with Gasteiger partial charge in [-0.2, -0.15) is 0 Å². The lowest BCUT2D eigenvalue weighted by Crippen LogP contribution is -2.27. The fourth-order valence-corrected chi connectivity index (χ4v) is 3.52. The van der Waals surface area contributed by atoms with Crippen LogP contribution in [0.1, 0.15) is 12.0 Å². The van der Waals surface area contributed by atoms with Gasteiger partial charge >= 0.3 is 0 Å². The Morgan fingerprint density at radius 1 is 1.19 bits per heavy atom. The summed E-state index contributed by atoms with van der Waals surface area (Å²) in [7, 11) is 4.42. The van der Waals surface area contributed by atoms with Crippen LogP contribution in [-0.4, -0.2) is 38.6 Å². The van der Waals surface area contributed by atoms with E-state index in [-0.39, 0.29) is 0 Å². The van der Waals surface area contributed by atoms with E-state index < -0.39 is 0 Å². The van der Waals surface area contributed by atoms with Gasteiger partial charge in [-0.3, -0.25) is 0 Å². The van der Waals surface area contributed by atoms with Crippen LogP contribution in [0, 0.1) is 5.92 Å². The lowest BCUT2D eigenvalue weighted by atomic mass is 10.0. The van der Waals surface area contributed by atoms with Crippen molar-refractivity contribution in [2.45, 2.75) is 13.0 Å². The van der Waals surface area contributed by atoms with Gasteiger partial charge in [0.2, 0.25) is 0 Å². The molecule has 1 atom stereocenters. The van der Waals surface area contributed by atoms with Crippen molar-refractivity contribution in [3.8, 4) is 0 Å². The molecule has 0 aromatic heterocycles. The van der Waals surface area contributed by atoms with Gasteiger partial charge < -0.3 is 15.5 Å². The van der Waals surface area contributed by atoms with Crippen LogP contribution in [0.15, 0.2) is 36.4 Å². The third-order valence-electron chi connectivity index (χ3n) is 4.64. The SMILES string of the molecule is CN1CCC(CN(C)c2ccc(CN)c3ccccc23)C1. The van der Waals surface area contributed by atoms with Crippen LogP contribution >= 0.6 is 0 Å². The molecule has 0 spiro atoms. The normalized spacial score (nSPS) is 19.3. The van der Waals surface area contributed by atoms with Gasteiger partial charge in [-0.05, 0) is 42.9 Å². The van der Waals surface area contributed by atoms with E-state index in [2.05, 4.69) is 60.3 Å². The molecule has 112 valence electrons. The van der Waals surface area contributed by atoms with Gasteiger partial charge in [0.25, 0.3) is 0 Å². The molecule has 1 heterocycles. The third kappa shape index (κ3) is 2.89. The minimum Gasteiger partial charge on any atom is -0.374 e. The maximum absolute atomic E-state index is 5.87. The summed E-state index contributed by atoms with van der Waals surface area (Å²) < 4.78 is 0. The van der Waals surface area contributed by atoms with Gasteiger partial charge in [0.1, 0.15) is 0 Å².